The zero-order valence-corrected chi connectivity index (χ0v) is 8.33. The Hall–Kier alpha value is -0.560. The van der Waals surface area contributed by atoms with Crippen LogP contribution in [-0.2, 0) is 4.74 Å². The molecule has 0 saturated carbocycles. The molecule has 14 heavy (non-hydrogen) atoms. The van der Waals surface area contributed by atoms with Gasteiger partial charge in [-0.25, -0.2) is 0 Å². The van der Waals surface area contributed by atoms with Crippen LogP contribution >= 0.6 is 0 Å². The van der Waals surface area contributed by atoms with Crippen molar-refractivity contribution in [3.8, 4) is 0 Å². The molecule has 0 amide bonds. The van der Waals surface area contributed by atoms with E-state index in [4.69, 9.17) is 9.84 Å². The Morgan fingerprint density at radius 3 is 2.71 bits per heavy atom. The van der Waals surface area contributed by atoms with Crippen LogP contribution in [0.4, 0.5) is 0 Å². The molecule has 5 unspecified atom stereocenters. The zero-order valence-electron chi connectivity index (χ0n) is 8.33. The van der Waals surface area contributed by atoms with Gasteiger partial charge in [-0.05, 0) is 14.0 Å². The predicted octanol–water partition coefficient (Wildman–Crippen LogP) is -0.849. The number of ether oxygens (including phenoxy) is 1. The SMILES string of the molecule is CC(O)C(N=O)C1C(OCCO)N1C. The Morgan fingerprint density at radius 1 is 1.64 bits per heavy atom. The van der Waals surface area contributed by atoms with Crippen molar-refractivity contribution < 1.29 is 14.9 Å². The Bertz CT molecular complexity index is 200. The monoisotopic (exact) mass is 204 g/mol. The van der Waals surface area contributed by atoms with Gasteiger partial charge in [0, 0.05) is 0 Å². The predicted molar refractivity (Wildman–Crippen MR) is 49.6 cm³/mol. The molecule has 1 fully saturated rings. The van der Waals surface area contributed by atoms with Gasteiger partial charge in [0.25, 0.3) is 0 Å². The molecular weight excluding hydrogens is 188 g/mol. The molecule has 0 aromatic rings. The summed E-state index contributed by atoms with van der Waals surface area (Å²) < 4.78 is 5.23. The van der Waals surface area contributed by atoms with Crippen molar-refractivity contribution in [1.82, 2.24) is 4.90 Å². The Labute approximate surface area is 82.4 Å². The molecule has 1 aliphatic heterocycles. The molecule has 0 spiro atoms. The van der Waals surface area contributed by atoms with E-state index in [-0.39, 0.29) is 25.5 Å². The van der Waals surface area contributed by atoms with Crippen molar-refractivity contribution in [2.75, 3.05) is 20.3 Å². The molecule has 0 aromatic heterocycles. The molecule has 1 heterocycles. The Morgan fingerprint density at radius 2 is 2.29 bits per heavy atom. The first-order valence-corrected chi connectivity index (χ1v) is 4.58. The zero-order chi connectivity index (χ0) is 10.7. The Kier molecular flexibility index (Phi) is 3.94. The topological polar surface area (TPSA) is 82.1 Å². The third-order valence-electron chi connectivity index (χ3n) is 2.42. The van der Waals surface area contributed by atoms with E-state index >= 15 is 0 Å². The minimum absolute atomic E-state index is 0.0507. The number of hydrogen-bond acceptors (Lipinski definition) is 6. The van der Waals surface area contributed by atoms with Crippen molar-refractivity contribution in [3.05, 3.63) is 4.91 Å². The fourth-order valence-corrected chi connectivity index (χ4v) is 1.57. The quantitative estimate of drug-likeness (QED) is 0.435. The van der Waals surface area contributed by atoms with E-state index in [1.807, 2.05) is 0 Å². The van der Waals surface area contributed by atoms with Crippen LogP contribution in [0.3, 0.4) is 0 Å². The highest BCUT2D eigenvalue weighted by atomic mass is 16.5. The highest BCUT2D eigenvalue weighted by Gasteiger charge is 2.52. The van der Waals surface area contributed by atoms with Crippen LogP contribution in [0.25, 0.3) is 0 Å². The minimum atomic E-state index is -0.775. The maximum Gasteiger partial charge on any atom is 0.137 e. The van der Waals surface area contributed by atoms with Crippen LogP contribution < -0.4 is 0 Å². The van der Waals surface area contributed by atoms with Crippen LogP contribution in [0.1, 0.15) is 6.92 Å². The highest BCUT2D eigenvalue weighted by Crippen LogP contribution is 2.32. The summed E-state index contributed by atoms with van der Waals surface area (Å²) in [5, 5.41) is 20.7. The van der Waals surface area contributed by atoms with Gasteiger partial charge in [0.1, 0.15) is 12.3 Å². The molecule has 5 atom stereocenters. The Balaban J connectivity index is 2.42. The first kappa shape index (κ1) is 11.5. The van der Waals surface area contributed by atoms with Crippen LogP contribution in [-0.4, -0.2) is 59.8 Å². The number of nitroso groups, excluding NO2 is 1. The van der Waals surface area contributed by atoms with Gasteiger partial charge < -0.3 is 14.9 Å². The maximum absolute atomic E-state index is 10.5. The lowest BCUT2D eigenvalue weighted by atomic mass is 10.1. The van der Waals surface area contributed by atoms with E-state index in [0.29, 0.717) is 0 Å². The number of aliphatic hydroxyl groups excluding tert-OH is 2. The summed E-state index contributed by atoms with van der Waals surface area (Å²) in [6, 6.07) is -0.831. The molecule has 2 N–H and O–H groups in total. The lowest BCUT2D eigenvalue weighted by Gasteiger charge is -2.09. The largest absolute Gasteiger partial charge is 0.394 e. The number of aliphatic hydroxyl groups is 2. The van der Waals surface area contributed by atoms with E-state index in [2.05, 4.69) is 5.18 Å². The molecule has 6 nitrogen and oxygen atoms in total. The maximum atomic E-state index is 10.5. The van der Waals surface area contributed by atoms with Gasteiger partial charge >= 0.3 is 0 Å². The van der Waals surface area contributed by atoms with Crippen LogP contribution in [0.15, 0.2) is 5.18 Å². The fraction of sp³-hybridized carbons (Fsp3) is 1.00. The summed E-state index contributed by atoms with van der Waals surface area (Å²) in [7, 11) is 1.78. The molecule has 1 aliphatic rings. The van der Waals surface area contributed by atoms with Crippen molar-refractivity contribution in [2.24, 2.45) is 5.18 Å². The summed E-state index contributed by atoms with van der Waals surface area (Å²) >= 11 is 0. The van der Waals surface area contributed by atoms with E-state index in [9.17, 15) is 10.0 Å². The van der Waals surface area contributed by atoms with Crippen molar-refractivity contribution in [1.29, 1.82) is 0 Å². The van der Waals surface area contributed by atoms with E-state index in [0.717, 1.165) is 0 Å². The fourth-order valence-electron chi connectivity index (χ4n) is 1.57. The van der Waals surface area contributed by atoms with Gasteiger partial charge in [0.15, 0.2) is 0 Å². The summed E-state index contributed by atoms with van der Waals surface area (Å²) in [5.41, 5.74) is 0. The minimum Gasteiger partial charge on any atom is -0.394 e. The second kappa shape index (κ2) is 4.79. The number of rotatable bonds is 6. The van der Waals surface area contributed by atoms with Crippen LogP contribution in [0.2, 0.25) is 0 Å². The van der Waals surface area contributed by atoms with Gasteiger partial charge in [0.05, 0.1) is 25.4 Å². The normalized spacial score (nSPS) is 35.0. The molecule has 0 aliphatic carbocycles. The molecule has 6 heteroatoms. The highest BCUT2D eigenvalue weighted by molar-refractivity contribution is 5.03. The standard InChI is InChI=1S/C8H16N2O4/c1-5(12)6(9-13)7-8(10(7)2)14-4-3-11/h5-8,11-12H,3-4H2,1-2H3. The lowest BCUT2D eigenvalue weighted by Crippen LogP contribution is -2.29. The third-order valence-corrected chi connectivity index (χ3v) is 2.42. The van der Waals surface area contributed by atoms with E-state index in [1.165, 1.54) is 6.92 Å². The second-order valence-electron chi connectivity index (χ2n) is 3.48. The van der Waals surface area contributed by atoms with E-state index < -0.39 is 12.1 Å². The van der Waals surface area contributed by atoms with Crippen molar-refractivity contribution in [3.63, 3.8) is 0 Å². The summed E-state index contributed by atoms with van der Waals surface area (Å²) in [4.78, 5) is 12.3. The average molecular weight is 204 g/mol. The molecule has 82 valence electrons. The van der Waals surface area contributed by atoms with Gasteiger partial charge in [-0.15, -0.1) is 0 Å². The molecule has 1 rings (SSSR count). The van der Waals surface area contributed by atoms with Crippen molar-refractivity contribution in [2.45, 2.75) is 31.3 Å². The van der Waals surface area contributed by atoms with Crippen LogP contribution in [0, 0.1) is 4.91 Å². The number of likely N-dealkylation sites (N-methyl/N-ethyl adjacent to an activating group) is 1. The molecule has 0 aromatic carbocycles. The average Bonchev–Trinajstić information content (AvgIpc) is 2.75. The van der Waals surface area contributed by atoms with Gasteiger partial charge in [-0.1, -0.05) is 5.18 Å². The summed E-state index contributed by atoms with van der Waals surface area (Å²) in [5.74, 6) is 0. The third kappa shape index (κ3) is 2.27. The lowest BCUT2D eigenvalue weighted by molar-refractivity contribution is 0.0542. The molecule has 0 radical (unpaired) electrons. The van der Waals surface area contributed by atoms with E-state index in [1.54, 1.807) is 11.9 Å². The smallest absolute Gasteiger partial charge is 0.137 e. The van der Waals surface area contributed by atoms with Gasteiger partial charge in [-0.3, -0.25) is 4.90 Å². The first-order valence-electron chi connectivity index (χ1n) is 4.58. The van der Waals surface area contributed by atoms with Crippen LogP contribution in [0.5, 0.6) is 0 Å². The van der Waals surface area contributed by atoms with Crippen molar-refractivity contribution >= 4 is 0 Å². The molecular formula is C8H16N2O4. The molecule has 1 saturated heterocycles. The second-order valence-corrected chi connectivity index (χ2v) is 3.48. The first-order chi connectivity index (χ1) is 6.63. The summed E-state index contributed by atoms with van der Waals surface area (Å²) in [6.45, 7) is 1.71. The summed E-state index contributed by atoms with van der Waals surface area (Å²) in [6.07, 6.45) is -0.984. The molecule has 0 bridgehead atoms. The van der Waals surface area contributed by atoms with Gasteiger partial charge in [0.2, 0.25) is 0 Å². The van der Waals surface area contributed by atoms with Gasteiger partial charge in [-0.2, -0.15) is 4.91 Å². The number of hydrogen-bond donors (Lipinski definition) is 2. The number of nitrogens with zero attached hydrogens (tertiary/aromatic N) is 2.